The second-order valence-corrected chi connectivity index (χ2v) is 29.4. The molecule has 0 fully saturated rings. The van der Waals surface area contributed by atoms with Crippen molar-refractivity contribution in [3.05, 3.63) is 340 Å². The average Bonchev–Trinajstić information content (AvgIpc) is 1.63. The van der Waals surface area contributed by atoms with E-state index in [1.165, 1.54) is 135 Å². The summed E-state index contributed by atoms with van der Waals surface area (Å²) >= 11 is 3.46. The van der Waals surface area contributed by atoms with Crippen molar-refractivity contribution in [2.24, 2.45) is 20.0 Å². The van der Waals surface area contributed by atoms with Gasteiger partial charge in [0.05, 0.1) is 62.9 Å². The number of hydrogen-bond donors (Lipinski definition) is 4. The fourth-order valence-corrected chi connectivity index (χ4v) is 15.5. The van der Waals surface area contributed by atoms with Crippen LogP contribution >= 0.6 is 22.7 Å². The monoisotopic (exact) mass is 2360 g/mol. The first-order chi connectivity index (χ1) is 56.5. The standard InChI is InChI=1S/C35H42N4.C15H10N.2C13H8NS.C9H7NO.3C5H8O2.3Ir.Pt/c1-9-21-20(8)28-16-30-22(10-2)23(11-3)32(37-30)18-34-26(14-6)27(15-7)35(39-34)19-33-25(13-5)24(12-4)31(38-33)17-29(21)36-28;1-2-7-13(8-3-1)15-14-9-5-4-6-12(14)10-11-16-15;2*1-2-7-12-10(5-1)9-13(15-12)11-6-3-4-8-14-11;11-8-5-1-3-7-4-2-6-10-9(7)8;3*1-4(6)3-5(2)7;;;;/h16-19H,9-15H2,1-8H3;1-7,9-11H;2*1-8H;1-6,11H;3*3,6H,1-2H3;;;;/q;3*-1;;;;;;;;. The van der Waals surface area contributed by atoms with Gasteiger partial charge in [0.2, 0.25) is 0 Å². The number of fused-ring (bicyclic) bond motifs is 8. The van der Waals surface area contributed by atoms with Gasteiger partial charge in [-0.15, -0.1) is 83.1 Å². The van der Waals surface area contributed by atoms with E-state index in [1.54, 1.807) is 41.0 Å². The first-order valence-corrected chi connectivity index (χ1v) is 40.8. The maximum Gasteiger partial charge on any atom is 0.155 e. The number of thiophene rings is 2. The molecule has 6 aromatic heterocycles. The molecule has 0 atom stereocenters. The number of aliphatic hydroxyl groups is 3. The zero-order valence-corrected chi connectivity index (χ0v) is 81.3. The van der Waals surface area contributed by atoms with Gasteiger partial charge in [-0.3, -0.25) is 19.4 Å². The number of pyridine rings is 4. The fraction of sp³-hybridized carbons (Fsp3) is 0.210. The zero-order valence-electron chi connectivity index (χ0n) is 70.2. The number of ketones is 3. The number of aliphatic hydroxyl groups excluding tert-OH is 3. The third-order valence-corrected chi connectivity index (χ3v) is 20.8. The number of aliphatic imine (C=N–C) groups is 4. The predicted molar refractivity (Wildman–Crippen MR) is 486 cm³/mol. The van der Waals surface area contributed by atoms with Crippen LogP contribution in [0.25, 0.3) is 74.2 Å². The zero-order chi connectivity index (χ0) is 84.1. The molecule has 5 aliphatic rings. The summed E-state index contributed by atoms with van der Waals surface area (Å²) in [6.45, 7) is 26.4. The van der Waals surface area contributed by atoms with Crippen LogP contribution in [-0.4, -0.2) is 80.6 Å². The maximum absolute atomic E-state index is 10.0. The number of hydrogen-bond acceptors (Lipinski definition) is 17. The summed E-state index contributed by atoms with van der Waals surface area (Å²) in [5.74, 6) is 0.0515. The fourth-order valence-electron chi connectivity index (χ4n) is 13.6. The molecule has 16 rings (SSSR count). The first-order valence-electron chi connectivity index (χ1n) is 39.2. The van der Waals surface area contributed by atoms with Gasteiger partial charge in [0.25, 0.3) is 0 Å². The molecule has 5 aromatic carbocycles. The van der Waals surface area contributed by atoms with E-state index >= 15 is 0 Å². The summed E-state index contributed by atoms with van der Waals surface area (Å²) in [5.41, 5.74) is 23.6. The first kappa shape index (κ1) is 101. The number of aromatic hydroxyl groups is 1. The van der Waals surface area contributed by atoms with Gasteiger partial charge in [-0.1, -0.05) is 139 Å². The van der Waals surface area contributed by atoms with Crippen LogP contribution in [0.4, 0.5) is 0 Å². The smallest absolute Gasteiger partial charge is 0.155 e. The van der Waals surface area contributed by atoms with E-state index in [4.69, 9.17) is 35.3 Å². The SMILES string of the molecule is CC(=O)C=C(C)O.CC(=O)C=C(C)O.CC(=O)C=C(C)O.CCC1=C(C)C2=CC3=NC(=CC4=NC(=CC5=NC(=CC1=N2)C(CC)=C5CC)C(CC)=C4CC)C(CC)=C3CC.Oc1cccc2cccnc12.[Ir].[Ir].[Ir].[Pt].[c-]1c(-c2ccccn2)sc2ccccc12.[c-]1c(-c2ccccn2)sc2ccccc12.[c-]1ccccc1-c1nccc2ccccc12. The Morgan fingerprint density at radius 1 is 0.388 bits per heavy atom. The van der Waals surface area contributed by atoms with Gasteiger partial charge in [-0.05, 0) is 228 Å². The largest absolute Gasteiger partial charge is 0.512 e. The molecule has 0 saturated heterocycles. The molecule has 8 bridgehead atoms. The molecule has 11 aromatic rings. The van der Waals surface area contributed by atoms with Gasteiger partial charge >= 0.3 is 0 Å². The van der Waals surface area contributed by atoms with Crippen molar-refractivity contribution < 1.29 is 116 Å². The molecule has 15 nitrogen and oxygen atoms in total. The number of allylic oxidation sites excluding steroid dienone is 18. The number of para-hydroxylation sites is 1. The number of benzene rings is 5. The van der Waals surface area contributed by atoms with Gasteiger partial charge < -0.3 is 35.4 Å². The van der Waals surface area contributed by atoms with Crippen molar-refractivity contribution in [3.8, 4) is 38.1 Å². The van der Waals surface area contributed by atoms with E-state index in [0.29, 0.717) is 5.52 Å². The van der Waals surface area contributed by atoms with Gasteiger partial charge in [0, 0.05) is 141 Å². The molecule has 121 heavy (non-hydrogen) atoms. The summed E-state index contributed by atoms with van der Waals surface area (Å²) in [4.78, 5) is 70.3. The van der Waals surface area contributed by atoms with Crippen LogP contribution in [0.2, 0.25) is 0 Å². The van der Waals surface area contributed by atoms with Crippen molar-refractivity contribution in [2.75, 3.05) is 0 Å². The van der Waals surface area contributed by atoms with Crippen molar-refractivity contribution >= 4 is 105 Å². The Morgan fingerprint density at radius 3 is 1.16 bits per heavy atom. The molecule has 21 heteroatoms. The summed E-state index contributed by atoms with van der Waals surface area (Å²) in [7, 11) is 0. The maximum atomic E-state index is 10.0. The molecule has 4 N–H and O–H groups in total. The van der Waals surface area contributed by atoms with Gasteiger partial charge in [0.1, 0.15) is 11.3 Å². The molecular formula is C100H99Ir3N8O7PtS2-3. The Morgan fingerprint density at radius 2 is 0.769 bits per heavy atom. The minimum absolute atomic E-state index is 0. The third kappa shape index (κ3) is 28.4. The molecule has 0 unspecified atom stereocenters. The Bertz CT molecular complexity index is 5700. The predicted octanol–water partition coefficient (Wildman–Crippen LogP) is 25.7. The Kier molecular flexibility index (Phi) is 42.6. The number of rotatable bonds is 13. The Labute approximate surface area is 773 Å². The second-order valence-electron chi connectivity index (χ2n) is 27.3. The van der Waals surface area contributed by atoms with E-state index in [2.05, 4.69) is 166 Å². The molecule has 5 aliphatic heterocycles. The van der Waals surface area contributed by atoms with Crippen LogP contribution in [0.1, 0.15) is 142 Å². The van der Waals surface area contributed by atoms with E-state index in [-0.39, 0.29) is 122 Å². The summed E-state index contributed by atoms with van der Waals surface area (Å²) in [5, 5.41) is 40.1. The number of phenolic OH excluding ortho intramolecular Hbond substituents is 1. The molecule has 3 radical (unpaired) electrons. The number of carbonyl (C=O) groups excluding carboxylic acids is 3. The van der Waals surface area contributed by atoms with Crippen molar-refractivity contribution in [1.29, 1.82) is 0 Å². The second kappa shape index (κ2) is 50.9. The molecule has 633 valence electrons. The van der Waals surface area contributed by atoms with Gasteiger partial charge in [-0.25, -0.2) is 42.6 Å². The normalized spacial score (nSPS) is 13.7. The van der Waals surface area contributed by atoms with E-state index in [9.17, 15) is 19.5 Å². The van der Waals surface area contributed by atoms with Crippen molar-refractivity contribution in [1.82, 2.24) is 19.9 Å². The topological polar surface area (TPSA) is 233 Å². The average molecular weight is 2360 g/mol. The molecule has 0 amide bonds. The Hall–Kier alpha value is -10.2. The molecule has 0 saturated carbocycles. The minimum atomic E-state index is -0.125. The number of aromatic nitrogens is 4. The Balaban J connectivity index is 0.000000267. The van der Waals surface area contributed by atoms with E-state index < -0.39 is 0 Å². The van der Waals surface area contributed by atoms with Gasteiger partial charge in [-0.2, -0.15) is 0 Å². The number of carbonyl (C=O) groups is 3. The minimum Gasteiger partial charge on any atom is -0.512 e. The number of phenols is 1. The molecule has 11 heterocycles. The third-order valence-electron chi connectivity index (χ3n) is 18.6. The summed E-state index contributed by atoms with van der Waals surface area (Å²) in [6.07, 6.45) is 26.2. The van der Waals surface area contributed by atoms with Gasteiger partial charge in [0.15, 0.2) is 17.3 Å². The van der Waals surface area contributed by atoms with Crippen LogP contribution in [0.15, 0.2) is 342 Å². The van der Waals surface area contributed by atoms with Crippen molar-refractivity contribution in [2.45, 2.75) is 142 Å². The van der Waals surface area contributed by atoms with E-state index in [1.807, 2.05) is 128 Å². The van der Waals surface area contributed by atoms with E-state index in [0.717, 1.165) is 128 Å². The van der Waals surface area contributed by atoms with Crippen molar-refractivity contribution in [3.63, 3.8) is 0 Å². The van der Waals surface area contributed by atoms with Crippen LogP contribution in [-0.2, 0) is 95.8 Å². The van der Waals surface area contributed by atoms with Crippen LogP contribution in [0.3, 0.4) is 0 Å². The molecule has 0 aliphatic carbocycles. The van der Waals surface area contributed by atoms with Crippen LogP contribution in [0, 0.1) is 18.2 Å². The van der Waals surface area contributed by atoms with Crippen LogP contribution in [0.5, 0.6) is 5.75 Å². The summed E-state index contributed by atoms with van der Waals surface area (Å²) < 4.78 is 2.52. The van der Waals surface area contributed by atoms with Crippen LogP contribution < -0.4 is 0 Å². The molecule has 0 spiro atoms. The quantitative estimate of drug-likeness (QED) is 0.0481. The molecular weight excluding hydrogens is 2260 g/mol. The summed E-state index contributed by atoms with van der Waals surface area (Å²) in [6, 6.07) is 65.8. The number of nitrogens with zero attached hydrogens (tertiary/aromatic N) is 8.